The Morgan fingerprint density at radius 1 is 1.21 bits per heavy atom. The summed E-state index contributed by atoms with van der Waals surface area (Å²) in [6.45, 7) is 3.95. The van der Waals surface area contributed by atoms with Crippen molar-refractivity contribution < 1.29 is 9.13 Å². The van der Waals surface area contributed by atoms with Crippen molar-refractivity contribution in [2.75, 3.05) is 5.73 Å². The monoisotopic (exact) mass is 279 g/mol. The highest BCUT2D eigenvalue weighted by Gasteiger charge is 2.08. The van der Waals surface area contributed by atoms with Crippen LogP contribution in [0.3, 0.4) is 0 Å². The largest absolute Gasteiger partial charge is 0.489 e. The van der Waals surface area contributed by atoms with Crippen LogP contribution in [0.2, 0.25) is 5.02 Å². The maximum absolute atomic E-state index is 13.7. The fraction of sp³-hybridized carbons (Fsp3) is 0.200. The van der Waals surface area contributed by atoms with Crippen LogP contribution >= 0.6 is 11.6 Å². The molecule has 0 radical (unpaired) electrons. The maximum Gasteiger partial charge on any atom is 0.152 e. The molecule has 0 aliphatic rings. The summed E-state index contributed by atoms with van der Waals surface area (Å²) in [5.41, 5.74) is 7.94. The van der Waals surface area contributed by atoms with Crippen molar-refractivity contribution in [3.63, 3.8) is 0 Å². The molecule has 0 amide bonds. The fourth-order valence-corrected chi connectivity index (χ4v) is 1.97. The van der Waals surface area contributed by atoms with E-state index in [2.05, 4.69) is 0 Å². The Kier molecular flexibility index (Phi) is 3.96. The SMILES string of the molecule is Cc1cc(OCc2cccc(N)c2F)cc(C)c1Cl. The van der Waals surface area contributed by atoms with Crippen LogP contribution in [0.25, 0.3) is 0 Å². The van der Waals surface area contributed by atoms with E-state index in [1.165, 1.54) is 6.07 Å². The zero-order chi connectivity index (χ0) is 14.0. The van der Waals surface area contributed by atoms with Gasteiger partial charge in [-0.25, -0.2) is 4.39 Å². The molecular weight excluding hydrogens is 265 g/mol. The van der Waals surface area contributed by atoms with Gasteiger partial charge in [-0.15, -0.1) is 0 Å². The van der Waals surface area contributed by atoms with Gasteiger partial charge in [0.1, 0.15) is 12.4 Å². The van der Waals surface area contributed by atoms with Gasteiger partial charge in [-0.05, 0) is 43.2 Å². The van der Waals surface area contributed by atoms with Crippen molar-refractivity contribution in [2.45, 2.75) is 20.5 Å². The number of halogens is 2. The lowest BCUT2D eigenvalue weighted by Crippen LogP contribution is -2.02. The van der Waals surface area contributed by atoms with Gasteiger partial charge in [-0.3, -0.25) is 0 Å². The minimum Gasteiger partial charge on any atom is -0.489 e. The Labute approximate surface area is 117 Å². The van der Waals surface area contributed by atoms with Crippen molar-refractivity contribution in [1.29, 1.82) is 0 Å². The number of benzene rings is 2. The lowest BCUT2D eigenvalue weighted by Gasteiger charge is -2.11. The van der Waals surface area contributed by atoms with Gasteiger partial charge in [0.25, 0.3) is 0 Å². The van der Waals surface area contributed by atoms with Crippen molar-refractivity contribution in [3.05, 3.63) is 57.9 Å². The first kappa shape index (κ1) is 13.7. The standard InChI is InChI=1S/C15H15ClFNO/c1-9-6-12(7-10(2)14(9)16)19-8-11-4-3-5-13(18)15(11)17/h3-7H,8,18H2,1-2H3. The third kappa shape index (κ3) is 2.99. The summed E-state index contributed by atoms with van der Waals surface area (Å²) in [6.07, 6.45) is 0. The van der Waals surface area contributed by atoms with Crippen LogP contribution in [-0.2, 0) is 6.61 Å². The molecule has 0 atom stereocenters. The van der Waals surface area contributed by atoms with E-state index in [-0.39, 0.29) is 12.3 Å². The molecule has 2 aromatic rings. The Morgan fingerprint density at radius 3 is 2.47 bits per heavy atom. The van der Waals surface area contributed by atoms with E-state index < -0.39 is 5.82 Å². The molecule has 19 heavy (non-hydrogen) atoms. The van der Waals surface area contributed by atoms with Crippen molar-refractivity contribution in [1.82, 2.24) is 0 Å². The maximum atomic E-state index is 13.7. The van der Waals surface area contributed by atoms with Gasteiger partial charge < -0.3 is 10.5 Å². The van der Waals surface area contributed by atoms with Crippen LogP contribution < -0.4 is 10.5 Å². The molecule has 0 aromatic heterocycles. The van der Waals surface area contributed by atoms with E-state index in [0.717, 1.165) is 16.1 Å². The fourth-order valence-electron chi connectivity index (χ4n) is 1.86. The highest BCUT2D eigenvalue weighted by molar-refractivity contribution is 6.32. The summed E-state index contributed by atoms with van der Waals surface area (Å²) in [5, 5.41) is 0.725. The van der Waals surface area contributed by atoms with E-state index in [1.807, 2.05) is 26.0 Å². The van der Waals surface area contributed by atoms with Crippen molar-refractivity contribution in [3.8, 4) is 5.75 Å². The topological polar surface area (TPSA) is 35.2 Å². The molecule has 2 nitrogen and oxygen atoms in total. The van der Waals surface area contributed by atoms with E-state index in [0.29, 0.717) is 11.3 Å². The molecule has 0 spiro atoms. The zero-order valence-corrected chi connectivity index (χ0v) is 11.6. The highest BCUT2D eigenvalue weighted by atomic mass is 35.5. The molecule has 2 aromatic carbocycles. The Bertz CT molecular complexity index is 590. The molecule has 4 heteroatoms. The first-order chi connectivity index (χ1) is 8.99. The molecule has 2 N–H and O–H groups in total. The first-order valence-electron chi connectivity index (χ1n) is 5.91. The zero-order valence-electron chi connectivity index (χ0n) is 10.8. The second kappa shape index (κ2) is 5.49. The molecule has 0 fully saturated rings. The third-order valence-electron chi connectivity index (χ3n) is 2.91. The molecule has 0 aliphatic heterocycles. The number of aryl methyl sites for hydroxylation is 2. The average Bonchev–Trinajstić information content (AvgIpc) is 2.37. The van der Waals surface area contributed by atoms with Crippen molar-refractivity contribution in [2.24, 2.45) is 0 Å². The van der Waals surface area contributed by atoms with Gasteiger partial charge in [0.15, 0.2) is 5.82 Å². The quantitative estimate of drug-likeness (QED) is 0.852. The predicted octanol–water partition coefficient (Wildman–Crippen LogP) is 4.26. The minimum atomic E-state index is -0.426. The Balaban J connectivity index is 2.17. The summed E-state index contributed by atoms with van der Waals surface area (Å²) < 4.78 is 19.3. The molecule has 100 valence electrons. The number of nitrogens with two attached hydrogens (primary N) is 1. The number of nitrogen functional groups attached to an aromatic ring is 1. The number of hydrogen-bond donors (Lipinski definition) is 1. The van der Waals surface area contributed by atoms with Gasteiger partial charge in [-0.1, -0.05) is 23.7 Å². The first-order valence-corrected chi connectivity index (χ1v) is 6.29. The average molecular weight is 280 g/mol. The second-order valence-corrected chi connectivity index (χ2v) is 4.86. The smallest absolute Gasteiger partial charge is 0.152 e. The van der Waals surface area contributed by atoms with E-state index in [4.69, 9.17) is 22.1 Å². The van der Waals surface area contributed by atoms with Gasteiger partial charge >= 0.3 is 0 Å². The van der Waals surface area contributed by atoms with Gasteiger partial charge in [0, 0.05) is 10.6 Å². The lowest BCUT2D eigenvalue weighted by molar-refractivity contribution is 0.299. The lowest BCUT2D eigenvalue weighted by atomic mass is 10.1. The molecule has 2 rings (SSSR count). The predicted molar refractivity (Wildman–Crippen MR) is 76.1 cm³/mol. The number of anilines is 1. The van der Waals surface area contributed by atoms with Crippen LogP contribution in [0.5, 0.6) is 5.75 Å². The summed E-state index contributed by atoms with van der Waals surface area (Å²) in [5.74, 6) is 0.242. The number of rotatable bonds is 3. The molecule has 0 bridgehead atoms. The van der Waals surface area contributed by atoms with E-state index >= 15 is 0 Å². The van der Waals surface area contributed by atoms with Crippen LogP contribution in [0.1, 0.15) is 16.7 Å². The summed E-state index contributed by atoms with van der Waals surface area (Å²) in [4.78, 5) is 0. The molecule has 0 saturated carbocycles. The summed E-state index contributed by atoms with van der Waals surface area (Å²) in [6, 6.07) is 8.55. The Morgan fingerprint density at radius 2 is 1.84 bits per heavy atom. The van der Waals surface area contributed by atoms with Crippen molar-refractivity contribution >= 4 is 17.3 Å². The number of hydrogen-bond acceptors (Lipinski definition) is 2. The Hall–Kier alpha value is -1.74. The van der Waals surface area contributed by atoms with E-state index in [1.54, 1.807) is 12.1 Å². The summed E-state index contributed by atoms with van der Waals surface area (Å²) in [7, 11) is 0. The van der Waals surface area contributed by atoms with Gasteiger partial charge in [0.05, 0.1) is 5.69 Å². The number of ether oxygens (including phenoxy) is 1. The molecule has 0 heterocycles. The van der Waals surface area contributed by atoms with Gasteiger partial charge in [0.2, 0.25) is 0 Å². The molecule has 0 aliphatic carbocycles. The molecular formula is C15H15ClFNO. The highest BCUT2D eigenvalue weighted by Crippen LogP contribution is 2.26. The molecule has 0 saturated heterocycles. The van der Waals surface area contributed by atoms with Crippen LogP contribution in [0.15, 0.2) is 30.3 Å². The second-order valence-electron chi connectivity index (χ2n) is 4.48. The minimum absolute atomic E-state index is 0.129. The normalized spacial score (nSPS) is 10.5. The van der Waals surface area contributed by atoms with Crippen LogP contribution in [0.4, 0.5) is 10.1 Å². The van der Waals surface area contributed by atoms with Gasteiger partial charge in [-0.2, -0.15) is 0 Å². The van der Waals surface area contributed by atoms with Crippen LogP contribution in [-0.4, -0.2) is 0 Å². The summed E-state index contributed by atoms with van der Waals surface area (Å²) >= 11 is 6.08. The molecule has 0 unspecified atom stereocenters. The van der Waals surface area contributed by atoms with E-state index in [9.17, 15) is 4.39 Å². The van der Waals surface area contributed by atoms with Crippen LogP contribution in [0, 0.1) is 19.7 Å². The third-order valence-corrected chi connectivity index (χ3v) is 3.51.